The van der Waals surface area contributed by atoms with Gasteiger partial charge in [0.1, 0.15) is 5.82 Å². The molecule has 0 spiro atoms. The van der Waals surface area contributed by atoms with E-state index in [1.54, 1.807) is 28.0 Å². The molecule has 1 aliphatic heterocycles. The number of halogens is 1. The minimum atomic E-state index is -0.587. The van der Waals surface area contributed by atoms with Gasteiger partial charge in [0, 0.05) is 56.2 Å². The minimum Gasteiger partial charge on any atom is -0.405 e. The van der Waals surface area contributed by atoms with Crippen LogP contribution in [0.5, 0.6) is 5.88 Å². The third-order valence-corrected chi connectivity index (χ3v) is 6.41. The fraction of sp³-hybridized carbons (Fsp3) is 0.346. The number of hydrogen-bond donors (Lipinski definition) is 0. The van der Waals surface area contributed by atoms with Crippen LogP contribution in [0.15, 0.2) is 42.5 Å². The number of hydrogen-bond acceptors (Lipinski definition) is 6. The highest BCUT2D eigenvalue weighted by molar-refractivity contribution is 5.95. The maximum absolute atomic E-state index is 14.7. The molecule has 9 heteroatoms. The summed E-state index contributed by atoms with van der Waals surface area (Å²) in [6.07, 6.45) is 2.21. The number of nitrogens with zero attached hydrogens (tertiary/aromatic N) is 4. The molecule has 1 saturated carbocycles. The van der Waals surface area contributed by atoms with Gasteiger partial charge in [-0.3, -0.25) is 14.4 Å². The third kappa shape index (κ3) is 4.84. The Morgan fingerprint density at radius 3 is 2.34 bits per heavy atom. The zero-order valence-electron chi connectivity index (χ0n) is 19.4. The number of fused-ring (bicyclic) bond motifs is 1. The first-order valence-electron chi connectivity index (χ1n) is 11.7. The van der Waals surface area contributed by atoms with E-state index in [0.29, 0.717) is 49.2 Å². The quantitative estimate of drug-likeness (QED) is 0.526. The number of piperazine rings is 1. The summed E-state index contributed by atoms with van der Waals surface area (Å²) in [6, 6.07) is 11.8. The van der Waals surface area contributed by atoms with E-state index in [9.17, 15) is 18.8 Å². The van der Waals surface area contributed by atoms with Crippen LogP contribution in [0.25, 0.3) is 10.8 Å². The highest BCUT2D eigenvalue weighted by Crippen LogP contribution is 2.31. The molecular formula is C26H25FN4O4. The van der Waals surface area contributed by atoms with Gasteiger partial charge in [-0.25, -0.2) is 4.39 Å². The van der Waals surface area contributed by atoms with Crippen LogP contribution in [0.1, 0.15) is 41.4 Å². The summed E-state index contributed by atoms with van der Waals surface area (Å²) in [5, 5.41) is 9.69. The van der Waals surface area contributed by atoms with Gasteiger partial charge in [-0.05, 0) is 36.6 Å². The van der Waals surface area contributed by atoms with Crippen LogP contribution in [0.4, 0.5) is 4.39 Å². The van der Waals surface area contributed by atoms with Crippen molar-refractivity contribution in [3.8, 4) is 5.88 Å². The summed E-state index contributed by atoms with van der Waals surface area (Å²) in [5.74, 6) is -1.02. The molecule has 0 radical (unpaired) electrons. The number of benzene rings is 2. The second-order valence-electron chi connectivity index (χ2n) is 8.97. The molecule has 2 aliphatic rings. The highest BCUT2D eigenvalue weighted by Gasteiger charge is 2.35. The van der Waals surface area contributed by atoms with Crippen molar-refractivity contribution in [3.05, 3.63) is 65.1 Å². The Balaban J connectivity index is 1.34. The second kappa shape index (κ2) is 9.40. The van der Waals surface area contributed by atoms with Crippen LogP contribution in [0.2, 0.25) is 0 Å². The summed E-state index contributed by atoms with van der Waals surface area (Å²) in [4.78, 5) is 40.2. The van der Waals surface area contributed by atoms with Crippen molar-refractivity contribution >= 4 is 28.6 Å². The van der Waals surface area contributed by atoms with E-state index < -0.39 is 11.8 Å². The molecule has 0 bridgehead atoms. The fourth-order valence-electron chi connectivity index (χ4n) is 4.41. The summed E-state index contributed by atoms with van der Waals surface area (Å²) < 4.78 is 19.8. The molecule has 2 amide bonds. The molecule has 0 atom stereocenters. The Kier molecular flexibility index (Phi) is 6.15. The lowest BCUT2D eigenvalue weighted by Crippen LogP contribution is -2.51. The Hall–Kier alpha value is -3.88. The number of ether oxygens (including phenoxy) is 1. The van der Waals surface area contributed by atoms with E-state index in [1.165, 1.54) is 13.0 Å². The van der Waals surface area contributed by atoms with Gasteiger partial charge < -0.3 is 14.5 Å². The zero-order valence-corrected chi connectivity index (χ0v) is 19.4. The fourth-order valence-corrected chi connectivity index (χ4v) is 4.41. The van der Waals surface area contributed by atoms with Crippen molar-refractivity contribution in [2.45, 2.75) is 26.2 Å². The van der Waals surface area contributed by atoms with Crippen molar-refractivity contribution in [1.82, 2.24) is 20.0 Å². The van der Waals surface area contributed by atoms with Crippen LogP contribution in [-0.2, 0) is 16.0 Å². The molecule has 1 aromatic heterocycles. The first-order chi connectivity index (χ1) is 16.9. The molecule has 5 rings (SSSR count). The lowest BCUT2D eigenvalue weighted by atomic mass is 10.0. The average Bonchev–Trinajstić information content (AvgIpc) is 3.71. The van der Waals surface area contributed by atoms with Crippen molar-refractivity contribution in [2.75, 3.05) is 26.2 Å². The Labute approximate surface area is 201 Å². The minimum absolute atomic E-state index is 0.00160. The van der Waals surface area contributed by atoms with E-state index in [2.05, 4.69) is 10.2 Å². The highest BCUT2D eigenvalue weighted by atomic mass is 19.1. The Morgan fingerprint density at radius 1 is 0.971 bits per heavy atom. The van der Waals surface area contributed by atoms with E-state index in [-0.39, 0.29) is 29.2 Å². The van der Waals surface area contributed by atoms with E-state index in [0.717, 1.165) is 18.2 Å². The average molecular weight is 477 g/mol. The molecule has 2 heterocycles. The van der Waals surface area contributed by atoms with Gasteiger partial charge in [0.15, 0.2) is 0 Å². The number of carbonyl (C=O) groups is 3. The molecule has 180 valence electrons. The number of amides is 2. The van der Waals surface area contributed by atoms with Gasteiger partial charge >= 0.3 is 5.97 Å². The van der Waals surface area contributed by atoms with Crippen LogP contribution in [0, 0.1) is 11.7 Å². The van der Waals surface area contributed by atoms with Gasteiger partial charge in [0.25, 0.3) is 5.91 Å². The number of esters is 1. The summed E-state index contributed by atoms with van der Waals surface area (Å²) >= 11 is 0. The van der Waals surface area contributed by atoms with Gasteiger partial charge in [0.05, 0.1) is 11.3 Å². The van der Waals surface area contributed by atoms with Crippen molar-refractivity contribution in [3.63, 3.8) is 0 Å². The second-order valence-corrected chi connectivity index (χ2v) is 8.97. The van der Waals surface area contributed by atoms with Crippen molar-refractivity contribution < 1.29 is 23.5 Å². The monoisotopic (exact) mass is 476 g/mol. The standard InChI is InChI=1S/C26H25FN4O4/c1-16(32)35-24-20-5-3-2-4-19(20)23(28-29-24)15-17-6-9-22(27)21(14-17)26(34)31-12-10-30(11-13-31)25(33)18-7-8-18/h2-6,9,14,18H,7-8,10-13,15H2,1H3. The normalized spacial score (nSPS) is 15.8. The first-order valence-corrected chi connectivity index (χ1v) is 11.7. The number of carbonyl (C=O) groups excluding carboxylic acids is 3. The number of aromatic nitrogens is 2. The van der Waals surface area contributed by atoms with E-state index in [4.69, 9.17) is 4.74 Å². The summed E-state index contributed by atoms with van der Waals surface area (Å²) in [5.41, 5.74) is 1.32. The smallest absolute Gasteiger partial charge is 0.309 e. The Bertz CT molecular complexity index is 1320. The summed E-state index contributed by atoms with van der Waals surface area (Å²) in [6.45, 7) is 3.01. The molecule has 0 unspecified atom stereocenters. The van der Waals surface area contributed by atoms with Crippen LogP contribution in [-0.4, -0.2) is 64.0 Å². The molecule has 1 saturated heterocycles. The molecule has 2 aromatic carbocycles. The predicted octanol–water partition coefficient (Wildman–Crippen LogP) is 2.98. The van der Waals surface area contributed by atoms with E-state index >= 15 is 0 Å². The van der Waals surface area contributed by atoms with Gasteiger partial charge in [-0.1, -0.05) is 24.3 Å². The molecule has 0 N–H and O–H groups in total. The van der Waals surface area contributed by atoms with Crippen molar-refractivity contribution in [2.24, 2.45) is 5.92 Å². The molecule has 1 aliphatic carbocycles. The summed E-state index contributed by atoms with van der Waals surface area (Å²) in [7, 11) is 0. The molecule has 3 aromatic rings. The molecule has 35 heavy (non-hydrogen) atoms. The lowest BCUT2D eigenvalue weighted by molar-refractivity contribution is -0.134. The maximum Gasteiger partial charge on any atom is 0.309 e. The molecular weight excluding hydrogens is 451 g/mol. The molecule has 8 nitrogen and oxygen atoms in total. The first kappa shape index (κ1) is 22.9. The van der Waals surface area contributed by atoms with Crippen LogP contribution < -0.4 is 4.74 Å². The van der Waals surface area contributed by atoms with Crippen molar-refractivity contribution in [1.29, 1.82) is 0 Å². The third-order valence-electron chi connectivity index (χ3n) is 6.41. The lowest BCUT2D eigenvalue weighted by Gasteiger charge is -2.35. The largest absolute Gasteiger partial charge is 0.405 e. The van der Waals surface area contributed by atoms with Gasteiger partial charge in [0.2, 0.25) is 11.8 Å². The molecule has 2 fully saturated rings. The number of rotatable bonds is 5. The predicted molar refractivity (Wildman–Crippen MR) is 125 cm³/mol. The van der Waals surface area contributed by atoms with Crippen LogP contribution in [0.3, 0.4) is 0 Å². The zero-order chi connectivity index (χ0) is 24.5. The van der Waals surface area contributed by atoms with E-state index in [1.807, 2.05) is 18.2 Å². The van der Waals surface area contributed by atoms with Gasteiger partial charge in [-0.2, -0.15) is 5.10 Å². The van der Waals surface area contributed by atoms with Crippen LogP contribution >= 0.6 is 0 Å². The SMILES string of the molecule is CC(=O)Oc1nnc(Cc2ccc(F)c(C(=O)N3CCN(C(=O)C4CC4)CC3)c2)c2ccccc12. The maximum atomic E-state index is 14.7. The topological polar surface area (TPSA) is 92.7 Å². The Morgan fingerprint density at radius 2 is 1.66 bits per heavy atom. The van der Waals surface area contributed by atoms with Gasteiger partial charge in [-0.15, -0.1) is 5.10 Å².